The first-order valence-electron chi connectivity index (χ1n) is 6.60. The Balaban J connectivity index is 0.00000264. The molecule has 10 heteroatoms. The fraction of sp³-hybridized carbons (Fsp3) is 0.462. The zero-order chi connectivity index (χ0) is 16.4. The SMILES string of the molecule is CS(=O)(=O)c1ccc(CNC2=NCCCN2)cc1C(F)(F)F.I. The second-order valence-corrected chi connectivity index (χ2v) is 6.95. The van der Waals surface area contributed by atoms with Crippen LogP contribution in [0.1, 0.15) is 17.5 Å². The third-order valence-electron chi connectivity index (χ3n) is 3.11. The lowest BCUT2D eigenvalue weighted by molar-refractivity contribution is -0.139. The van der Waals surface area contributed by atoms with E-state index >= 15 is 0 Å². The van der Waals surface area contributed by atoms with Gasteiger partial charge in [0.1, 0.15) is 0 Å². The molecule has 1 aliphatic rings. The van der Waals surface area contributed by atoms with Crippen LogP contribution in [0.3, 0.4) is 0 Å². The molecule has 0 aromatic heterocycles. The van der Waals surface area contributed by atoms with Crippen LogP contribution in [0.25, 0.3) is 0 Å². The molecule has 0 radical (unpaired) electrons. The number of rotatable bonds is 3. The quantitative estimate of drug-likeness (QED) is 0.675. The van der Waals surface area contributed by atoms with Crippen molar-refractivity contribution >= 4 is 39.8 Å². The van der Waals surface area contributed by atoms with Gasteiger partial charge in [-0.1, -0.05) is 6.07 Å². The minimum Gasteiger partial charge on any atom is -0.356 e. The first-order valence-corrected chi connectivity index (χ1v) is 8.49. The van der Waals surface area contributed by atoms with E-state index < -0.39 is 26.5 Å². The summed E-state index contributed by atoms with van der Waals surface area (Å²) in [6.07, 6.45) is -3.06. The van der Waals surface area contributed by atoms with Gasteiger partial charge in [-0.05, 0) is 24.1 Å². The standard InChI is InChI=1S/C13H16F3N3O2S.HI/c1-22(20,21)11-4-3-9(7-10(11)13(14,15)16)8-19-12-17-5-2-6-18-12;/h3-4,7H,2,5-6,8H2,1H3,(H2,17,18,19);1H. The van der Waals surface area contributed by atoms with Crippen LogP contribution in [0.4, 0.5) is 13.2 Å². The predicted octanol–water partition coefficient (Wildman–Crippen LogP) is 2.17. The van der Waals surface area contributed by atoms with E-state index in [0.29, 0.717) is 18.1 Å². The Morgan fingerprint density at radius 3 is 2.57 bits per heavy atom. The number of hydrogen-bond acceptors (Lipinski definition) is 5. The van der Waals surface area contributed by atoms with Crippen LogP contribution >= 0.6 is 24.0 Å². The van der Waals surface area contributed by atoms with Gasteiger partial charge in [-0.2, -0.15) is 13.2 Å². The number of sulfone groups is 1. The predicted molar refractivity (Wildman–Crippen MR) is 91.7 cm³/mol. The van der Waals surface area contributed by atoms with Crippen molar-refractivity contribution in [1.82, 2.24) is 10.6 Å². The smallest absolute Gasteiger partial charge is 0.356 e. The number of alkyl halides is 3. The van der Waals surface area contributed by atoms with Gasteiger partial charge in [0, 0.05) is 25.9 Å². The Morgan fingerprint density at radius 2 is 2.04 bits per heavy atom. The summed E-state index contributed by atoms with van der Waals surface area (Å²) in [6, 6.07) is 3.21. The molecule has 2 N–H and O–H groups in total. The third-order valence-corrected chi connectivity index (χ3v) is 4.26. The highest BCUT2D eigenvalue weighted by Gasteiger charge is 2.36. The van der Waals surface area contributed by atoms with Gasteiger partial charge in [0.15, 0.2) is 15.8 Å². The van der Waals surface area contributed by atoms with Crippen molar-refractivity contribution in [3.8, 4) is 0 Å². The molecule has 0 aliphatic carbocycles. The molecule has 0 spiro atoms. The zero-order valence-corrected chi connectivity index (χ0v) is 15.4. The van der Waals surface area contributed by atoms with Crippen LogP contribution in [0.2, 0.25) is 0 Å². The first kappa shape index (κ1) is 20.0. The topological polar surface area (TPSA) is 70.6 Å². The van der Waals surface area contributed by atoms with Crippen molar-refractivity contribution in [3.63, 3.8) is 0 Å². The summed E-state index contributed by atoms with van der Waals surface area (Å²) in [7, 11) is -3.95. The van der Waals surface area contributed by atoms with Gasteiger partial charge in [-0.15, -0.1) is 24.0 Å². The van der Waals surface area contributed by atoms with E-state index in [1.165, 1.54) is 6.07 Å². The Hall–Kier alpha value is -1.04. The number of benzene rings is 1. The second-order valence-electron chi connectivity index (χ2n) is 4.96. The van der Waals surface area contributed by atoms with Crippen LogP contribution in [0.15, 0.2) is 28.1 Å². The summed E-state index contributed by atoms with van der Waals surface area (Å²) in [5.41, 5.74) is -0.817. The molecular weight excluding hydrogens is 446 g/mol. The molecular formula is C13H17F3IN3O2S. The molecule has 0 atom stereocenters. The average molecular weight is 463 g/mol. The van der Waals surface area contributed by atoms with Gasteiger partial charge in [0.2, 0.25) is 0 Å². The number of guanidine groups is 1. The Labute approximate surface area is 149 Å². The molecule has 0 amide bonds. The van der Waals surface area contributed by atoms with E-state index in [4.69, 9.17) is 0 Å². The van der Waals surface area contributed by atoms with E-state index in [1.54, 1.807) is 0 Å². The summed E-state index contributed by atoms with van der Waals surface area (Å²) in [5, 5.41) is 5.89. The molecule has 0 bridgehead atoms. The van der Waals surface area contributed by atoms with Crippen molar-refractivity contribution in [1.29, 1.82) is 0 Å². The number of aliphatic imine (C=N–C) groups is 1. The monoisotopic (exact) mass is 463 g/mol. The van der Waals surface area contributed by atoms with E-state index in [0.717, 1.165) is 31.4 Å². The molecule has 1 aromatic rings. The van der Waals surface area contributed by atoms with Crippen LogP contribution in [0.5, 0.6) is 0 Å². The molecule has 0 saturated carbocycles. The highest BCUT2D eigenvalue weighted by molar-refractivity contribution is 14.0. The first-order chi connectivity index (χ1) is 10.2. The fourth-order valence-corrected chi connectivity index (χ4v) is 2.96. The highest BCUT2D eigenvalue weighted by atomic mass is 127. The minimum absolute atomic E-state index is 0. The normalized spacial score (nSPS) is 15.2. The number of nitrogens with zero attached hydrogens (tertiary/aromatic N) is 1. The molecule has 130 valence electrons. The van der Waals surface area contributed by atoms with Gasteiger partial charge < -0.3 is 10.6 Å². The summed E-state index contributed by atoms with van der Waals surface area (Å²) in [6.45, 7) is 1.54. The van der Waals surface area contributed by atoms with Crippen molar-refractivity contribution in [2.75, 3.05) is 19.3 Å². The maximum absolute atomic E-state index is 13.0. The van der Waals surface area contributed by atoms with Gasteiger partial charge >= 0.3 is 6.18 Å². The maximum Gasteiger partial charge on any atom is 0.417 e. The zero-order valence-electron chi connectivity index (χ0n) is 12.3. The molecule has 0 saturated heterocycles. The van der Waals surface area contributed by atoms with Gasteiger partial charge in [-0.3, -0.25) is 4.99 Å². The highest BCUT2D eigenvalue weighted by Crippen LogP contribution is 2.34. The van der Waals surface area contributed by atoms with Gasteiger partial charge in [0.25, 0.3) is 0 Å². The molecule has 1 aromatic carbocycles. The van der Waals surface area contributed by atoms with E-state index in [2.05, 4.69) is 15.6 Å². The number of halogens is 4. The van der Waals surface area contributed by atoms with Crippen molar-refractivity contribution < 1.29 is 21.6 Å². The van der Waals surface area contributed by atoms with Crippen molar-refractivity contribution in [3.05, 3.63) is 29.3 Å². The summed E-state index contributed by atoms with van der Waals surface area (Å²) < 4.78 is 62.0. The molecule has 0 fully saturated rings. The van der Waals surface area contributed by atoms with Crippen LogP contribution < -0.4 is 10.6 Å². The molecule has 23 heavy (non-hydrogen) atoms. The summed E-state index contributed by atoms with van der Waals surface area (Å²) in [5.74, 6) is 0.534. The lowest BCUT2D eigenvalue weighted by Gasteiger charge is -2.17. The molecule has 2 rings (SSSR count). The van der Waals surface area contributed by atoms with Crippen LogP contribution in [0, 0.1) is 0 Å². The Kier molecular flexibility index (Phi) is 6.69. The Morgan fingerprint density at radius 1 is 1.35 bits per heavy atom. The molecule has 5 nitrogen and oxygen atoms in total. The Bertz CT molecular complexity index is 690. The molecule has 1 aliphatic heterocycles. The van der Waals surface area contributed by atoms with Gasteiger partial charge in [-0.25, -0.2) is 8.42 Å². The van der Waals surface area contributed by atoms with E-state index in [9.17, 15) is 21.6 Å². The number of nitrogens with one attached hydrogen (secondary N) is 2. The lowest BCUT2D eigenvalue weighted by Crippen LogP contribution is -2.40. The van der Waals surface area contributed by atoms with Gasteiger partial charge in [0.05, 0.1) is 10.5 Å². The maximum atomic E-state index is 13.0. The van der Waals surface area contributed by atoms with E-state index in [-0.39, 0.29) is 30.5 Å². The minimum atomic E-state index is -4.73. The van der Waals surface area contributed by atoms with Crippen molar-refractivity contribution in [2.24, 2.45) is 4.99 Å². The number of hydrogen-bond donors (Lipinski definition) is 2. The fourth-order valence-electron chi connectivity index (χ4n) is 2.07. The average Bonchev–Trinajstić information content (AvgIpc) is 2.44. The summed E-state index contributed by atoms with van der Waals surface area (Å²) >= 11 is 0. The largest absolute Gasteiger partial charge is 0.417 e. The molecule has 0 unspecified atom stereocenters. The van der Waals surface area contributed by atoms with Crippen LogP contribution in [-0.2, 0) is 22.6 Å². The van der Waals surface area contributed by atoms with E-state index in [1.807, 2.05) is 0 Å². The second kappa shape index (κ2) is 7.69. The van der Waals surface area contributed by atoms with Crippen LogP contribution in [-0.4, -0.2) is 33.7 Å². The lowest BCUT2D eigenvalue weighted by atomic mass is 10.1. The third kappa shape index (κ3) is 5.52. The molecule has 1 heterocycles. The van der Waals surface area contributed by atoms with Crippen molar-refractivity contribution in [2.45, 2.75) is 24.0 Å². The summed E-state index contributed by atoms with van der Waals surface area (Å²) in [4.78, 5) is 3.44.